The molecule has 3 aromatic rings. The lowest BCUT2D eigenvalue weighted by atomic mass is 10.1. The molecular formula is C17H15N3O. The van der Waals surface area contributed by atoms with Crippen LogP contribution in [0.25, 0.3) is 10.8 Å². The lowest BCUT2D eigenvalue weighted by Gasteiger charge is -2.10. The minimum Gasteiger partial charge on any atom is -0.399 e. The minimum atomic E-state index is -0.223. The van der Waals surface area contributed by atoms with Crippen LogP contribution < -0.4 is 11.1 Å². The van der Waals surface area contributed by atoms with E-state index < -0.39 is 0 Å². The Kier molecular flexibility index (Phi) is 3.28. The highest BCUT2D eigenvalue weighted by Gasteiger charge is 2.12. The molecule has 104 valence electrons. The maximum absolute atomic E-state index is 12.5. The van der Waals surface area contributed by atoms with Gasteiger partial charge in [0, 0.05) is 23.0 Å². The monoisotopic (exact) mass is 277 g/mol. The fraction of sp³-hybridized carbons (Fsp3) is 0.0588. The lowest BCUT2D eigenvalue weighted by Crippen LogP contribution is -2.15. The molecule has 0 saturated heterocycles. The molecule has 0 aliphatic heterocycles. The van der Waals surface area contributed by atoms with Gasteiger partial charge in [-0.05, 0) is 42.1 Å². The second kappa shape index (κ2) is 5.25. The summed E-state index contributed by atoms with van der Waals surface area (Å²) in [4.78, 5) is 16.7. The van der Waals surface area contributed by atoms with E-state index in [1.54, 1.807) is 18.3 Å². The molecule has 0 aliphatic carbocycles. The van der Waals surface area contributed by atoms with Crippen LogP contribution in [-0.2, 0) is 0 Å². The van der Waals surface area contributed by atoms with E-state index in [0.717, 1.165) is 22.0 Å². The Morgan fingerprint density at radius 3 is 2.76 bits per heavy atom. The molecule has 4 heteroatoms. The van der Waals surface area contributed by atoms with Gasteiger partial charge in [-0.15, -0.1) is 0 Å². The largest absolute Gasteiger partial charge is 0.399 e. The van der Waals surface area contributed by atoms with E-state index in [0.29, 0.717) is 11.4 Å². The van der Waals surface area contributed by atoms with Crippen molar-refractivity contribution in [2.75, 3.05) is 11.1 Å². The molecule has 0 fully saturated rings. The second-order valence-electron chi connectivity index (χ2n) is 4.91. The van der Waals surface area contributed by atoms with Crippen molar-refractivity contribution >= 4 is 28.1 Å². The van der Waals surface area contributed by atoms with Crippen molar-refractivity contribution in [1.82, 2.24) is 4.98 Å². The summed E-state index contributed by atoms with van der Waals surface area (Å²) in [7, 11) is 0. The van der Waals surface area contributed by atoms with Crippen molar-refractivity contribution in [3.05, 3.63) is 66.0 Å². The van der Waals surface area contributed by atoms with Crippen LogP contribution in [0.3, 0.4) is 0 Å². The topological polar surface area (TPSA) is 68.0 Å². The summed E-state index contributed by atoms with van der Waals surface area (Å²) in [5.41, 5.74) is 8.47. The van der Waals surface area contributed by atoms with Gasteiger partial charge < -0.3 is 11.1 Å². The van der Waals surface area contributed by atoms with Gasteiger partial charge in [0.05, 0.1) is 0 Å². The average molecular weight is 277 g/mol. The number of fused-ring (bicyclic) bond motifs is 1. The number of benzene rings is 2. The van der Waals surface area contributed by atoms with Gasteiger partial charge in [-0.2, -0.15) is 0 Å². The number of amides is 1. The molecule has 2 aromatic carbocycles. The number of nitrogens with two attached hydrogens (primary N) is 1. The van der Waals surface area contributed by atoms with Gasteiger partial charge in [0.2, 0.25) is 0 Å². The number of pyridine rings is 1. The first-order valence-corrected chi connectivity index (χ1v) is 6.66. The SMILES string of the molecule is Cc1cc(N)ccc1NC(=O)c1nccc2ccccc12. The third kappa shape index (κ3) is 2.56. The van der Waals surface area contributed by atoms with Crippen molar-refractivity contribution in [3.63, 3.8) is 0 Å². The number of carbonyl (C=O) groups is 1. The predicted molar refractivity (Wildman–Crippen MR) is 85.3 cm³/mol. The Morgan fingerprint density at radius 1 is 1.14 bits per heavy atom. The van der Waals surface area contributed by atoms with Crippen molar-refractivity contribution in [2.45, 2.75) is 6.92 Å². The van der Waals surface area contributed by atoms with Crippen LogP contribution in [0.4, 0.5) is 11.4 Å². The van der Waals surface area contributed by atoms with Crippen molar-refractivity contribution < 1.29 is 4.79 Å². The molecule has 0 unspecified atom stereocenters. The Bertz CT molecular complexity index is 822. The molecular weight excluding hydrogens is 262 g/mol. The number of rotatable bonds is 2. The van der Waals surface area contributed by atoms with E-state index >= 15 is 0 Å². The zero-order chi connectivity index (χ0) is 14.8. The number of hydrogen-bond donors (Lipinski definition) is 2. The van der Waals surface area contributed by atoms with E-state index in [9.17, 15) is 4.79 Å². The molecule has 0 radical (unpaired) electrons. The molecule has 1 heterocycles. The van der Waals surface area contributed by atoms with Crippen LogP contribution in [0.2, 0.25) is 0 Å². The predicted octanol–water partition coefficient (Wildman–Crippen LogP) is 3.38. The van der Waals surface area contributed by atoms with Gasteiger partial charge in [-0.1, -0.05) is 24.3 Å². The maximum atomic E-state index is 12.5. The fourth-order valence-corrected chi connectivity index (χ4v) is 2.31. The zero-order valence-electron chi connectivity index (χ0n) is 11.6. The third-order valence-corrected chi connectivity index (χ3v) is 3.39. The summed E-state index contributed by atoms with van der Waals surface area (Å²) in [5, 5.41) is 4.72. The Labute approximate surface area is 122 Å². The van der Waals surface area contributed by atoms with Gasteiger partial charge in [-0.3, -0.25) is 9.78 Å². The highest BCUT2D eigenvalue weighted by molar-refractivity contribution is 6.11. The first-order chi connectivity index (χ1) is 10.1. The number of nitrogens with one attached hydrogen (secondary N) is 1. The lowest BCUT2D eigenvalue weighted by molar-refractivity contribution is 0.102. The molecule has 0 atom stereocenters. The summed E-state index contributed by atoms with van der Waals surface area (Å²) in [6, 6.07) is 15.0. The minimum absolute atomic E-state index is 0.223. The van der Waals surface area contributed by atoms with Gasteiger partial charge >= 0.3 is 0 Å². The molecule has 4 nitrogen and oxygen atoms in total. The average Bonchev–Trinajstić information content (AvgIpc) is 2.49. The molecule has 1 aromatic heterocycles. The van der Waals surface area contributed by atoms with Gasteiger partial charge in [0.15, 0.2) is 0 Å². The highest BCUT2D eigenvalue weighted by Crippen LogP contribution is 2.21. The Balaban J connectivity index is 1.97. The molecule has 0 spiro atoms. The molecule has 1 amide bonds. The maximum Gasteiger partial charge on any atom is 0.274 e. The second-order valence-corrected chi connectivity index (χ2v) is 4.91. The zero-order valence-corrected chi connectivity index (χ0v) is 11.6. The van der Waals surface area contributed by atoms with Crippen molar-refractivity contribution in [2.24, 2.45) is 0 Å². The number of carbonyl (C=O) groups excluding carboxylic acids is 1. The number of anilines is 2. The summed E-state index contributed by atoms with van der Waals surface area (Å²) < 4.78 is 0. The number of aryl methyl sites for hydroxylation is 1. The highest BCUT2D eigenvalue weighted by atomic mass is 16.1. The normalized spacial score (nSPS) is 10.5. The first kappa shape index (κ1) is 13.1. The molecule has 3 rings (SSSR count). The van der Waals surface area contributed by atoms with Gasteiger partial charge in [0.1, 0.15) is 5.69 Å². The molecule has 0 aliphatic rings. The Hall–Kier alpha value is -2.88. The summed E-state index contributed by atoms with van der Waals surface area (Å²) >= 11 is 0. The summed E-state index contributed by atoms with van der Waals surface area (Å²) in [6.07, 6.45) is 1.65. The van der Waals surface area contributed by atoms with Crippen LogP contribution >= 0.6 is 0 Å². The van der Waals surface area contributed by atoms with Gasteiger partial charge in [0.25, 0.3) is 5.91 Å². The van der Waals surface area contributed by atoms with E-state index in [2.05, 4.69) is 10.3 Å². The van der Waals surface area contributed by atoms with Crippen LogP contribution in [0.1, 0.15) is 16.1 Å². The number of nitrogen functional groups attached to an aromatic ring is 1. The standard InChI is InChI=1S/C17H15N3O/c1-11-10-13(18)6-7-15(11)20-17(21)16-14-5-3-2-4-12(14)8-9-19-16/h2-10H,18H2,1H3,(H,20,21). The van der Waals surface area contributed by atoms with Crippen LogP contribution in [0, 0.1) is 6.92 Å². The Morgan fingerprint density at radius 2 is 1.95 bits per heavy atom. The van der Waals surface area contributed by atoms with Crippen molar-refractivity contribution in [3.8, 4) is 0 Å². The van der Waals surface area contributed by atoms with Crippen LogP contribution in [0.15, 0.2) is 54.7 Å². The number of nitrogens with zero attached hydrogens (tertiary/aromatic N) is 1. The molecule has 0 bridgehead atoms. The van der Waals surface area contributed by atoms with E-state index in [1.165, 1.54) is 0 Å². The van der Waals surface area contributed by atoms with Crippen LogP contribution in [0.5, 0.6) is 0 Å². The van der Waals surface area contributed by atoms with Crippen LogP contribution in [-0.4, -0.2) is 10.9 Å². The van der Waals surface area contributed by atoms with E-state index in [1.807, 2.05) is 43.3 Å². The first-order valence-electron chi connectivity index (χ1n) is 6.66. The van der Waals surface area contributed by atoms with Crippen molar-refractivity contribution in [1.29, 1.82) is 0 Å². The summed E-state index contributed by atoms with van der Waals surface area (Å²) in [6.45, 7) is 1.91. The van der Waals surface area contributed by atoms with E-state index in [-0.39, 0.29) is 5.91 Å². The third-order valence-electron chi connectivity index (χ3n) is 3.39. The van der Waals surface area contributed by atoms with Gasteiger partial charge in [-0.25, -0.2) is 0 Å². The fourth-order valence-electron chi connectivity index (χ4n) is 2.31. The quantitative estimate of drug-likeness (QED) is 0.706. The number of hydrogen-bond acceptors (Lipinski definition) is 3. The molecule has 0 saturated carbocycles. The number of aromatic nitrogens is 1. The smallest absolute Gasteiger partial charge is 0.274 e. The molecule has 3 N–H and O–H groups in total. The van der Waals surface area contributed by atoms with E-state index in [4.69, 9.17) is 5.73 Å². The molecule has 21 heavy (non-hydrogen) atoms. The summed E-state index contributed by atoms with van der Waals surface area (Å²) in [5.74, 6) is -0.223.